The van der Waals surface area contributed by atoms with Gasteiger partial charge in [-0.3, -0.25) is 4.98 Å². The highest BCUT2D eigenvalue weighted by atomic mass is 16.5. The molecule has 0 bridgehead atoms. The Morgan fingerprint density at radius 1 is 1.44 bits per heavy atom. The largest absolute Gasteiger partial charge is 0.484 e. The van der Waals surface area contributed by atoms with Gasteiger partial charge in [-0.25, -0.2) is 0 Å². The van der Waals surface area contributed by atoms with E-state index in [-0.39, 0.29) is 6.61 Å². The van der Waals surface area contributed by atoms with Crippen LogP contribution in [0, 0.1) is 0 Å². The molecular weight excluding hydrogens is 208 g/mol. The molecular formula is C9H12N6O. The molecule has 0 amide bonds. The quantitative estimate of drug-likeness (QED) is 0.756. The molecule has 7 nitrogen and oxygen atoms in total. The molecule has 0 aliphatic heterocycles. The van der Waals surface area contributed by atoms with Crippen molar-refractivity contribution in [1.29, 1.82) is 0 Å². The molecule has 0 atom stereocenters. The third-order valence-corrected chi connectivity index (χ3v) is 1.92. The van der Waals surface area contributed by atoms with Gasteiger partial charge in [-0.2, -0.15) is 4.80 Å². The van der Waals surface area contributed by atoms with E-state index in [0.29, 0.717) is 18.1 Å². The van der Waals surface area contributed by atoms with Gasteiger partial charge in [0.2, 0.25) is 5.82 Å². The predicted molar refractivity (Wildman–Crippen MR) is 55.3 cm³/mol. The van der Waals surface area contributed by atoms with Gasteiger partial charge in [0.05, 0.1) is 18.9 Å². The SMILES string of the molecule is Cn1nnc(COc2ccc(CN)nc2)n1. The van der Waals surface area contributed by atoms with Crippen LogP contribution < -0.4 is 10.5 Å². The van der Waals surface area contributed by atoms with E-state index in [1.54, 1.807) is 13.2 Å². The maximum Gasteiger partial charge on any atom is 0.212 e. The summed E-state index contributed by atoms with van der Waals surface area (Å²) in [6, 6.07) is 3.63. The highest BCUT2D eigenvalue weighted by Crippen LogP contribution is 2.09. The molecule has 0 radical (unpaired) electrons. The monoisotopic (exact) mass is 220 g/mol. The highest BCUT2D eigenvalue weighted by Gasteiger charge is 2.01. The van der Waals surface area contributed by atoms with Crippen LogP contribution in [0.25, 0.3) is 0 Å². The number of nitrogens with zero attached hydrogens (tertiary/aromatic N) is 5. The molecule has 2 N–H and O–H groups in total. The van der Waals surface area contributed by atoms with Gasteiger partial charge in [0, 0.05) is 6.54 Å². The second-order valence-corrected chi connectivity index (χ2v) is 3.17. The van der Waals surface area contributed by atoms with Crippen LogP contribution in [0.5, 0.6) is 5.75 Å². The molecule has 0 aliphatic carbocycles. The molecule has 0 spiro atoms. The van der Waals surface area contributed by atoms with Crippen molar-refractivity contribution >= 4 is 0 Å². The molecule has 0 aliphatic rings. The first-order valence-electron chi connectivity index (χ1n) is 4.78. The van der Waals surface area contributed by atoms with Crippen molar-refractivity contribution in [3.8, 4) is 5.75 Å². The Morgan fingerprint density at radius 2 is 2.31 bits per heavy atom. The molecule has 0 aromatic carbocycles. The number of aryl methyl sites for hydroxylation is 1. The molecule has 0 saturated heterocycles. The summed E-state index contributed by atoms with van der Waals surface area (Å²) in [5.74, 6) is 1.19. The first-order chi connectivity index (χ1) is 7.78. The van der Waals surface area contributed by atoms with E-state index >= 15 is 0 Å². The molecule has 2 heterocycles. The molecule has 0 fully saturated rings. The van der Waals surface area contributed by atoms with Crippen molar-refractivity contribution in [3.63, 3.8) is 0 Å². The normalized spacial score (nSPS) is 10.4. The van der Waals surface area contributed by atoms with E-state index in [0.717, 1.165) is 5.69 Å². The number of pyridine rings is 1. The van der Waals surface area contributed by atoms with Gasteiger partial charge in [0.1, 0.15) is 5.75 Å². The van der Waals surface area contributed by atoms with Crippen LogP contribution in [0.4, 0.5) is 0 Å². The Labute approximate surface area is 92.2 Å². The van der Waals surface area contributed by atoms with Crippen LogP contribution in [0.1, 0.15) is 11.5 Å². The lowest BCUT2D eigenvalue weighted by Crippen LogP contribution is -2.01. The van der Waals surface area contributed by atoms with Gasteiger partial charge in [-0.1, -0.05) is 0 Å². The molecule has 7 heteroatoms. The summed E-state index contributed by atoms with van der Waals surface area (Å²) in [5.41, 5.74) is 6.26. The zero-order valence-electron chi connectivity index (χ0n) is 8.87. The Kier molecular flexibility index (Phi) is 3.06. The summed E-state index contributed by atoms with van der Waals surface area (Å²) < 4.78 is 5.42. The Hall–Kier alpha value is -2.02. The summed E-state index contributed by atoms with van der Waals surface area (Å²) in [6.07, 6.45) is 1.62. The van der Waals surface area contributed by atoms with E-state index in [9.17, 15) is 0 Å². The fourth-order valence-electron chi connectivity index (χ4n) is 1.15. The van der Waals surface area contributed by atoms with E-state index in [4.69, 9.17) is 10.5 Å². The van der Waals surface area contributed by atoms with E-state index in [2.05, 4.69) is 20.4 Å². The lowest BCUT2D eigenvalue weighted by molar-refractivity contribution is 0.294. The second-order valence-electron chi connectivity index (χ2n) is 3.17. The molecule has 0 unspecified atom stereocenters. The molecule has 2 aromatic heterocycles. The minimum Gasteiger partial charge on any atom is -0.484 e. The number of hydrogen-bond acceptors (Lipinski definition) is 6. The van der Waals surface area contributed by atoms with Gasteiger partial charge in [-0.05, 0) is 17.3 Å². The Bertz CT molecular complexity index is 451. The maximum atomic E-state index is 5.43. The smallest absolute Gasteiger partial charge is 0.212 e. The number of hydrogen-bond donors (Lipinski definition) is 1. The fraction of sp³-hybridized carbons (Fsp3) is 0.333. The first-order valence-corrected chi connectivity index (χ1v) is 4.78. The van der Waals surface area contributed by atoms with E-state index < -0.39 is 0 Å². The van der Waals surface area contributed by atoms with Gasteiger partial charge in [0.25, 0.3) is 0 Å². The average Bonchev–Trinajstić information content (AvgIpc) is 2.73. The number of rotatable bonds is 4. The Balaban J connectivity index is 1.94. The zero-order chi connectivity index (χ0) is 11.4. The summed E-state index contributed by atoms with van der Waals surface area (Å²) in [6.45, 7) is 0.698. The number of aromatic nitrogens is 5. The highest BCUT2D eigenvalue weighted by molar-refractivity contribution is 5.19. The predicted octanol–water partition coefficient (Wildman–Crippen LogP) is -0.357. The van der Waals surface area contributed by atoms with E-state index in [1.165, 1.54) is 4.80 Å². The van der Waals surface area contributed by atoms with Gasteiger partial charge in [0.15, 0.2) is 6.61 Å². The summed E-state index contributed by atoms with van der Waals surface area (Å²) in [7, 11) is 1.70. The minimum absolute atomic E-state index is 0.275. The molecule has 84 valence electrons. The third-order valence-electron chi connectivity index (χ3n) is 1.92. The van der Waals surface area contributed by atoms with Crippen molar-refractivity contribution in [2.45, 2.75) is 13.2 Å². The number of ether oxygens (including phenoxy) is 1. The van der Waals surface area contributed by atoms with Gasteiger partial charge in [-0.15, -0.1) is 10.2 Å². The molecule has 16 heavy (non-hydrogen) atoms. The van der Waals surface area contributed by atoms with Crippen molar-refractivity contribution in [3.05, 3.63) is 29.8 Å². The molecule has 2 aromatic rings. The third kappa shape index (κ3) is 2.51. The first kappa shape index (κ1) is 10.5. The van der Waals surface area contributed by atoms with Crippen LogP contribution in [-0.4, -0.2) is 25.2 Å². The van der Waals surface area contributed by atoms with Gasteiger partial charge >= 0.3 is 0 Å². The summed E-state index contributed by atoms with van der Waals surface area (Å²) in [4.78, 5) is 5.49. The van der Waals surface area contributed by atoms with Crippen molar-refractivity contribution in [2.75, 3.05) is 0 Å². The van der Waals surface area contributed by atoms with Crippen molar-refractivity contribution < 1.29 is 4.74 Å². The zero-order valence-corrected chi connectivity index (χ0v) is 8.87. The summed E-state index contributed by atoms with van der Waals surface area (Å²) >= 11 is 0. The van der Waals surface area contributed by atoms with E-state index in [1.807, 2.05) is 12.1 Å². The number of tetrazole rings is 1. The second kappa shape index (κ2) is 4.67. The fourth-order valence-corrected chi connectivity index (χ4v) is 1.15. The van der Waals surface area contributed by atoms with Crippen LogP contribution in [0.15, 0.2) is 18.3 Å². The van der Waals surface area contributed by atoms with Gasteiger partial charge < -0.3 is 10.5 Å². The molecule has 0 saturated carbocycles. The lowest BCUT2D eigenvalue weighted by atomic mass is 10.3. The van der Waals surface area contributed by atoms with Crippen LogP contribution in [0.2, 0.25) is 0 Å². The van der Waals surface area contributed by atoms with Crippen molar-refractivity contribution in [2.24, 2.45) is 12.8 Å². The standard InChI is InChI=1S/C9H12N6O/c1-15-13-9(12-14-15)6-16-8-3-2-7(4-10)11-5-8/h2-3,5H,4,6,10H2,1H3. The minimum atomic E-state index is 0.275. The Morgan fingerprint density at radius 3 is 2.88 bits per heavy atom. The van der Waals surface area contributed by atoms with Crippen LogP contribution >= 0.6 is 0 Å². The van der Waals surface area contributed by atoms with Crippen LogP contribution in [0.3, 0.4) is 0 Å². The molecule has 2 rings (SSSR count). The topological polar surface area (TPSA) is 91.7 Å². The number of nitrogens with two attached hydrogens (primary N) is 1. The van der Waals surface area contributed by atoms with Crippen LogP contribution in [-0.2, 0) is 20.2 Å². The maximum absolute atomic E-state index is 5.43. The summed E-state index contributed by atoms with van der Waals surface area (Å²) in [5, 5.41) is 11.5. The van der Waals surface area contributed by atoms with Crippen molar-refractivity contribution in [1.82, 2.24) is 25.2 Å². The average molecular weight is 220 g/mol. The lowest BCUT2D eigenvalue weighted by Gasteiger charge is -2.02.